The molecule has 4 nitrogen and oxygen atoms in total. The number of urea groups is 1. The van der Waals surface area contributed by atoms with Gasteiger partial charge in [0.1, 0.15) is 5.82 Å². The van der Waals surface area contributed by atoms with Crippen LogP contribution in [0.4, 0.5) is 20.6 Å². The molecular weight excluding hydrogens is 269 g/mol. The van der Waals surface area contributed by atoms with Crippen LogP contribution >= 0.6 is 0 Å². The molecule has 0 bridgehead atoms. The van der Waals surface area contributed by atoms with Gasteiger partial charge in [0.15, 0.2) is 0 Å². The van der Waals surface area contributed by atoms with Gasteiger partial charge in [0.05, 0.1) is 0 Å². The third kappa shape index (κ3) is 3.79. The van der Waals surface area contributed by atoms with Gasteiger partial charge < -0.3 is 11.1 Å². The lowest BCUT2D eigenvalue weighted by atomic mass is 10.2. The highest BCUT2D eigenvalue weighted by Crippen LogP contribution is 2.17. The average molecular weight is 287 g/mol. The van der Waals surface area contributed by atoms with Gasteiger partial charge in [0.25, 0.3) is 0 Å². The number of nitrogens with one attached hydrogen (secondary N) is 1. The lowest BCUT2D eigenvalue weighted by Gasteiger charge is -2.21. The second kappa shape index (κ2) is 6.85. The molecule has 21 heavy (non-hydrogen) atoms. The Morgan fingerprint density at radius 2 is 1.95 bits per heavy atom. The van der Waals surface area contributed by atoms with Crippen LogP contribution in [-0.4, -0.2) is 12.6 Å². The molecule has 2 amide bonds. The molecule has 0 saturated carbocycles. The first-order valence-electron chi connectivity index (χ1n) is 6.77. The first-order valence-corrected chi connectivity index (χ1v) is 6.77. The van der Waals surface area contributed by atoms with Crippen molar-refractivity contribution in [1.29, 1.82) is 0 Å². The molecule has 0 fully saturated rings. The van der Waals surface area contributed by atoms with E-state index < -0.39 is 0 Å². The Kier molecular flexibility index (Phi) is 4.90. The van der Waals surface area contributed by atoms with Gasteiger partial charge >= 0.3 is 6.03 Å². The third-order valence-electron chi connectivity index (χ3n) is 3.12. The fourth-order valence-electron chi connectivity index (χ4n) is 2.01. The number of hydrogen-bond donors (Lipinski definition) is 2. The van der Waals surface area contributed by atoms with Crippen molar-refractivity contribution in [2.75, 3.05) is 16.8 Å². The van der Waals surface area contributed by atoms with Gasteiger partial charge in [-0.05, 0) is 42.8 Å². The minimum absolute atomic E-state index is 0.302. The van der Waals surface area contributed by atoms with E-state index >= 15 is 0 Å². The molecule has 0 unspecified atom stereocenters. The Balaban J connectivity index is 2.14. The van der Waals surface area contributed by atoms with Gasteiger partial charge in [0, 0.05) is 24.5 Å². The summed E-state index contributed by atoms with van der Waals surface area (Å²) in [6, 6.07) is 13.0. The molecule has 0 spiro atoms. The molecular formula is C16H18FN3O. The normalized spacial score (nSPS) is 10.2. The second-order valence-electron chi connectivity index (χ2n) is 4.56. The number of nitrogens with zero attached hydrogens (tertiary/aromatic N) is 1. The highest BCUT2D eigenvalue weighted by Gasteiger charge is 2.14. The van der Waals surface area contributed by atoms with E-state index in [4.69, 9.17) is 5.73 Å². The largest absolute Gasteiger partial charge is 0.326 e. The maximum absolute atomic E-state index is 13.1. The van der Waals surface area contributed by atoms with Crippen LogP contribution < -0.4 is 16.0 Å². The van der Waals surface area contributed by atoms with Crippen LogP contribution in [0.15, 0.2) is 48.5 Å². The fourth-order valence-corrected chi connectivity index (χ4v) is 2.01. The molecule has 2 aromatic carbocycles. The summed E-state index contributed by atoms with van der Waals surface area (Å²) in [4.78, 5) is 13.9. The van der Waals surface area contributed by atoms with E-state index in [1.54, 1.807) is 17.0 Å². The van der Waals surface area contributed by atoms with Crippen molar-refractivity contribution in [2.24, 2.45) is 5.73 Å². The van der Waals surface area contributed by atoms with Gasteiger partial charge in [-0.1, -0.05) is 18.2 Å². The summed E-state index contributed by atoms with van der Waals surface area (Å²) in [5, 5.41) is 2.68. The van der Waals surface area contributed by atoms with Crippen LogP contribution in [-0.2, 0) is 6.54 Å². The summed E-state index contributed by atoms with van der Waals surface area (Å²) in [5.74, 6) is -0.386. The summed E-state index contributed by atoms with van der Waals surface area (Å²) in [6.45, 7) is 2.84. The number of amides is 2. The number of benzene rings is 2. The van der Waals surface area contributed by atoms with Crippen LogP contribution in [0.1, 0.15) is 12.5 Å². The lowest BCUT2D eigenvalue weighted by molar-refractivity contribution is 0.257. The molecule has 0 aliphatic rings. The number of halogens is 1. The molecule has 0 aliphatic heterocycles. The number of anilines is 2. The molecule has 0 radical (unpaired) electrons. The Morgan fingerprint density at radius 3 is 2.52 bits per heavy atom. The van der Waals surface area contributed by atoms with Crippen LogP contribution in [0.2, 0.25) is 0 Å². The van der Waals surface area contributed by atoms with E-state index in [9.17, 15) is 9.18 Å². The van der Waals surface area contributed by atoms with Gasteiger partial charge in [-0.15, -0.1) is 0 Å². The van der Waals surface area contributed by atoms with Gasteiger partial charge in [-0.2, -0.15) is 0 Å². The van der Waals surface area contributed by atoms with Crippen LogP contribution in [0.3, 0.4) is 0 Å². The smallest absolute Gasteiger partial charge is 0.326 e. The topological polar surface area (TPSA) is 58.4 Å². The van der Waals surface area contributed by atoms with E-state index in [1.807, 2.05) is 31.2 Å². The summed E-state index contributed by atoms with van der Waals surface area (Å²) in [7, 11) is 0. The quantitative estimate of drug-likeness (QED) is 0.906. The Hall–Kier alpha value is -2.40. The predicted octanol–water partition coefficient (Wildman–Crippen LogP) is 3.34. The van der Waals surface area contributed by atoms with E-state index in [-0.39, 0.29) is 11.8 Å². The van der Waals surface area contributed by atoms with E-state index in [2.05, 4.69) is 5.32 Å². The lowest BCUT2D eigenvalue weighted by Crippen LogP contribution is -2.34. The highest BCUT2D eigenvalue weighted by molar-refractivity contribution is 6.01. The predicted molar refractivity (Wildman–Crippen MR) is 82.8 cm³/mol. The molecule has 2 rings (SSSR count). The highest BCUT2D eigenvalue weighted by atomic mass is 19.1. The molecule has 110 valence electrons. The summed E-state index contributed by atoms with van der Waals surface area (Å²) in [6.07, 6.45) is 0. The van der Waals surface area contributed by atoms with E-state index in [0.717, 1.165) is 11.3 Å². The molecule has 0 aliphatic carbocycles. The number of carbonyl (C=O) groups excluding carboxylic acids is 1. The summed E-state index contributed by atoms with van der Waals surface area (Å²) < 4.78 is 13.1. The molecule has 0 saturated heterocycles. The second-order valence-corrected chi connectivity index (χ2v) is 4.56. The molecule has 0 aromatic heterocycles. The minimum Gasteiger partial charge on any atom is -0.326 e. The third-order valence-corrected chi connectivity index (χ3v) is 3.12. The van der Waals surface area contributed by atoms with Crippen molar-refractivity contribution in [3.8, 4) is 0 Å². The minimum atomic E-state index is -0.386. The molecule has 0 heterocycles. The summed E-state index contributed by atoms with van der Waals surface area (Å²) >= 11 is 0. The first kappa shape index (κ1) is 15.0. The standard InChI is InChI=1S/C16H18FN3O/c1-2-20(15-8-6-12(11-18)7-9-15)16(21)19-14-5-3-4-13(17)10-14/h3-10H,2,11,18H2,1H3,(H,19,21). The fraction of sp³-hybridized carbons (Fsp3) is 0.188. The van der Waals surface area contributed by atoms with Crippen LogP contribution in [0, 0.1) is 5.82 Å². The SMILES string of the molecule is CCN(C(=O)Nc1cccc(F)c1)c1ccc(CN)cc1. The first-order chi connectivity index (χ1) is 10.1. The Bertz CT molecular complexity index is 613. The molecule has 2 aromatic rings. The van der Waals surface area contributed by atoms with Crippen molar-refractivity contribution in [2.45, 2.75) is 13.5 Å². The van der Waals surface area contributed by atoms with E-state index in [0.29, 0.717) is 18.8 Å². The molecule has 5 heteroatoms. The van der Waals surface area contributed by atoms with Crippen molar-refractivity contribution < 1.29 is 9.18 Å². The number of rotatable bonds is 4. The number of nitrogens with two attached hydrogens (primary N) is 1. The number of hydrogen-bond acceptors (Lipinski definition) is 2. The monoisotopic (exact) mass is 287 g/mol. The average Bonchev–Trinajstić information content (AvgIpc) is 2.48. The van der Waals surface area contributed by atoms with Crippen molar-refractivity contribution in [3.05, 3.63) is 59.9 Å². The van der Waals surface area contributed by atoms with Crippen molar-refractivity contribution in [3.63, 3.8) is 0 Å². The van der Waals surface area contributed by atoms with Gasteiger partial charge in [0.2, 0.25) is 0 Å². The van der Waals surface area contributed by atoms with Crippen molar-refractivity contribution in [1.82, 2.24) is 0 Å². The molecule has 0 atom stereocenters. The molecule has 3 N–H and O–H groups in total. The zero-order valence-electron chi connectivity index (χ0n) is 11.8. The number of carbonyl (C=O) groups is 1. The maximum Gasteiger partial charge on any atom is 0.326 e. The van der Waals surface area contributed by atoms with E-state index in [1.165, 1.54) is 12.1 Å². The Labute approximate surface area is 123 Å². The Morgan fingerprint density at radius 1 is 1.24 bits per heavy atom. The van der Waals surface area contributed by atoms with Gasteiger partial charge in [-0.25, -0.2) is 9.18 Å². The maximum atomic E-state index is 13.1. The van der Waals surface area contributed by atoms with Gasteiger partial charge in [-0.3, -0.25) is 4.90 Å². The van der Waals surface area contributed by atoms with Crippen LogP contribution in [0.5, 0.6) is 0 Å². The van der Waals surface area contributed by atoms with Crippen LogP contribution in [0.25, 0.3) is 0 Å². The summed E-state index contributed by atoms with van der Waals surface area (Å²) in [5.41, 5.74) is 7.75. The van der Waals surface area contributed by atoms with Crippen molar-refractivity contribution >= 4 is 17.4 Å². The zero-order valence-corrected chi connectivity index (χ0v) is 11.8. The zero-order chi connectivity index (χ0) is 15.2.